The van der Waals surface area contributed by atoms with Gasteiger partial charge in [0.2, 0.25) is 0 Å². The number of fused-ring (bicyclic) bond motifs is 4. The average Bonchev–Trinajstić information content (AvgIpc) is 3.23. The zero-order chi connectivity index (χ0) is 20.8. The normalized spacial score (nSPS) is 16.4. The number of para-hydroxylation sites is 1. The Balaban J connectivity index is 1.40. The van der Waals surface area contributed by atoms with Crippen LogP contribution in [0, 0.1) is 12.8 Å². The van der Waals surface area contributed by atoms with Gasteiger partial charge in [0.15, 0.2) is 0 Å². The van der Waals surface area contributed by atoms with Crippen molar-refractivity contribution in [2.75, 3.05) is 0 Å². The van der Waals surface area contributed by atoms with E-state index in [-0.39, 0.29) is 5.91 Å². The minimum absolute atomic E-state index is 0.190. The molecule has 0 aliphatic heterocycles. The van der Waals surface area contributed by atoms with Crippen molar-refractivity contribution in [2.24, 2.45) is 18.1 Å². The highest BCUT2D eigenvalue weighted by Gasteiger charge is 2.20. The van der Waals surface area contributed by atoms with Crippen LogP contribution in [0.15, 0.2) is 47.6 Å². The van der Waals surface area contributed by atoms with Crippen molar-refractivity contribution in [3.05, 3.63) is 70.5 Å². The van der Waals surface area contributed by atoms with Gasteiger partial charge in [-0.15, -0.1) is 0 Å². The van der Waals surface area contributed by atoms with Gasteiger partial charge in [-0.1, -0.05) is 25.1 Å². The Kier molecular flexibility index (Phi) is 4.46. The first-order valence-corrected chi connectivity index (χ1v) is 10.5. The predicted octanol–water partition coefficient (Wildman–Crippen LogP) is 4.86. The summed E-state index contributed by atoms with van der Waals surface area (Å²) in [5, 5.41) is 6.56. The zero-order valence-electron chi connectivity index (χ0n) is 17.6. The third-order valence-corrected chi connectivity index (χ3v) is 6.50. The van der Waals surface area contributed by atoms with Crippen molar-refractivity contribution in [1.82, 2.24) is 15.0 Å². The van der Waals surface area contributed by atoms with E-state index in [0.29, 0.717) is 11.5 Å². The molecule has 0 bridgehead atoms. The minimum atomic E-state index is -0.190. The second-order valence-electron chi connectivity index (χ2n) is 8.46. The number of nitrogens with one attached hydrogen (secondary N) is 2. The maximum atomic E-state index is 12.7. The summed E-state index contributed by atoms with van der Waals surface area (Å²) in [4.78, 5) is 16.3. The Morgan fingerprint density at radius 1 is 1.23 bits per heavy atom. The number of aromatic nitrogens is 2. The summed E-state index contributed by atoms with van der Waals surface area (Å²) >= 11 is 0. The summed E-state index contributed by atoms with van der Waals surface area (Å²) in [6.07, 6.45) is 5.11. The lowest BCUT2D eigenvalue weighted by molar-refractivity contribution is 0.0955. The van der Waals surface area contributed by atoms with Crippen LogP contribution in [0.5, 0.6) is 0 Å². The van der Waals surface area contributed by atoms with Gasteiger partial charge in [0.1, 0.15) is 0 Å². The number of rotatable bonds is 3. The fourth-order valence-electron chi connectivity index (χ4n) is 4.67. The molecule has 1 unspecified atom stereocenters. The molecule has 2 N–H and O–H groups in total. The Labute approximate surface area is 175 Å². The molecule has 30 heavy (non-hydrogen) atoms. The molecule has 1 amide bonds. The number of amides is 1. The Hall–Kier alpha value is -3.34. The third kappa shape index (κ3) is 3.02. The summed E-state index contributed by atoms with van der Waals surface area (Å²) in [5.41, 5.74) is 10.4. The topological polar surface area (TPSA) is 62.2 Å². The van der Waals surface area contributed by atoms with Gasteiger partial charge in [-0.25, -0.2) is 5.43 Å². The SMILES string of the molecule is Cc1c(/C=N\NC(=O)c2ccc3[nH]c4c(c3c2)CC(C)CC4)c2ccccc2n1C. The Bertz CT molecular complexity index is 1310. The average molecular weight is 399 g/mol. The van der Waals surface area contributed by atoms with E-state index in [9.17, 15) is 4.79 Å². The number of carbonyl (C=O) groups excluding carboxylic acids is 1. The molecular formula is C25H26N4O. The first-order chi connectivity index (χ1) is 14.5. The van der Waals surface area contributed by atoms with E-state index in [1.54, 1.807) is 6.21 Å². The summed E-state index contributed by atoms with van der Waals surface area (Å²) in [6.45, 7) is 4.36. The minimum Gasteiger partial charge on any atom is -0.358 e. The lowest BCUT2D eigenvalue weighted by atomic mass is 9.87. The van der Waals surface area contributed by atoms with Gasteiger partial charge in [-0.2, -0.15) is 5.10 Å². The van der Waals surface area contributed by atoms with Gasteiger partial charge in [-0.05, 0) is 61.9 Å². The van der Waals surface area contributed by atoms with Crippen LogP contribution in [-0.4, -0.2) is 21.7 Å². The highest BCUT2D eigenvalue weighted by atomic mass is 16.2. The number of aryl methyl sites for hydroxylation is 2. The molecule has 5 nitrogen and oxygen atoms in total. The van der Waals surface area contributed by atoms with Crippen molar-refractivity contribution >= 4 is 33.9 Å². The van der Waals surface area contributed by atoms with Crippen LogP contribution in [-0.2, 0) is 19.9 Å². The lowest BCUT2D eigenvalue weighted by Crippen LogP contribution is -2.17. The number of benzene rings is 2. The molecule has 0 spiro atoms. The fraction of sp³-hybridized carbons (Fsp3) is 0.280. The quantitative estimate of drug-likeness (QED) is 0.376. The van der Waals surface area contributed by atoms with Crippen molar-refractivity contribution in [3.8, 4) is 0 Å². The number of aromatic amines is 1. The number of nitrogens with zero attached hydrogens (tertiary/aromatic N) is 2. The van der Waals surface area contributed by atoms with Crippen LogP contribution in [0.4, 0.5) is 0 Å². The molecule has 0 saturated heterocycles. The largest absolute Gasteiger partial charge is 0.358 e. The van der Waals surface area contributed by atoms with Crippen molar-refractivity contribution in [1.29, 1.82) is 0 Å². The number of hydrogen-bond donors (Lipinski definition) is 2. The zero-order valence-corrected chi connectivity index (χ0v) is 17.6. The van der Waals surface area contributed by atoms with Gasteiger partial charge in [0, 0.05) is 51.4 Å². The van der Waals surface area contributed by atoms with E-state index in [4.69, 9.17) is 0 Å². The maximum absolute atomic E-state index is 12.7. The summed E-state index contributed by atoms with van der Waals surface area (Å²) < 4.78 is 2.14. The van der Waals surface area contributed by atoms with Gasteiger partial charge in [0.05, 0.1) is 6.21 Å². The molecule has 4 aromatic rings. The van der Waals surface area contributed by atoms with Crippen LogP contribution >= 0.6 is 0 Å². The maximum Gasteiger partial charge on any atom is 0.271 e. The molecule has 152 valence electrons. The molecular weight excluding hydrogens is 372 g/mol. The molecule has 2 aromatic carbocycles. The number of H-pyrrole nitrogens is 1. The van der Waals surface area contributed by atoms with E-state index < -0.39 is 0 Å². The third-order valence-electron chi connectivity index (χ3n) is 6.50. The standard InChI is InChI=1S/C25H26N4O/c1-15-8-10-22-19(12-15)20-13-17(9-11-23(20)27-22)25(30)28-26-14-21-16(2)29(3)24-7-5-4-6-18(21)24/h4-7,9,11,13-15,27H,8,10,12H2,1-3H3,(H,28,30)/b26-14-. The molecule has 1 atom stereocenters. The molecule has 1 aliphatic carbocycles. The first kappa shape index (κ1) is 18.7. The van der Waals surface area contributed by atoms with Crippen LogP contribution in [0.3, 0.4) is 0 Å². The van der Waals surface area contributed by atoms with E-state index >= 15 is 0 Å². The first-order valence-electron chi connectivity index (χ1n) is 10.5. The van der Waals surface area contributed by atoms with Crippen LogP contribution in [0.25, 0.3) is 21.8 Å². The van der Waals surface area contributed by atoms with Crippen molar-refractivity contribution in [3.63, 3.8) is 0 Å². The number of hydrazone groups is 1. The van der Waals surface area contributed by atoms with Gasteiger partial charge < -0.3 is 9.55 Å². The fourth-order valence-corrected chi connectivity index (χ4v) is 4.67. The van der Waals surface area contributed by atoms with Crippen LogP contribution < -0.4 is 5.43 Å². The molecule has 0 saturated carbocycles. The molecule has 1 aliphatic rings. The number of carbonyl (C=O) groups is 1. The highest BCUT2D eigenvalue weighted by molar-refractivity contribution is 6.02. The van der Waals surface area contributed by atoms with Gasteiger partial charge in [0.25, 0.3) is 5.91 Å². The van der Waals surface area contributed by atoms with Crippen molar-refractivity contribution in [2.45, 2.75) is 33.1 Å². The smallest absolute Gasteiger partial charge is 0.271 e. The summed E-state index contributed by atoms with van der Waals surface area (Å²) in [7, 11) is 2.04. The van der Waals surface area contributed by atoms with Gasteiger partial charge in [-0.3, -0.25) is 4.79 Å². The summed E-state index contributed by atoms with van der Waals surface area (Å²) in [6, 6.07) is 14.1. The van der Waals surface area contributed by atoms with Crippen molar-refractivity contribution < 1.29 is 4.79 Å². The van der Waals surface area contributed by atoms with Gasteiger partial charge >= 0.3 is 0 Å². The monoisotopic (exact) mass is 398 g/mol. The Morgan fingerprint density at radius 3 is 2.93 bits per heavy atom. The summed E-state index contributed by atoms with van der Waals surface area (Å²) in [5.74, 6) is 0.493. The van der Waals surface area contributed by atoms with Crippen LogP contribution in [0.2, 0.25) is 0 Å². The molecule has 0 radical (unpaired) electrons. The van der Waals surface area contributed by atoms with E-state index in [2.05, 4.69) is 46.1 Å². The van der Waals surface area contributed by atoms with E-state index in [1.807, 2.05) is 37.4 Å². The van der Waals surface area contributed by atoms with Crippen LogP contribution in [0.1, 0.15) is 46.2 Å². The molecule has 0 fully saturated rings. The molecule has 2 aromatic heterocycles. The highest BCUT2D eigenvalue weighted by Crippen LogP contribution is 2.32. The molecule has 2 heterocycles. The number of hydrogen-bond acceptors (Lipinski definition) is 2. The van der Waals surface area contributed by atoms with E-state index in [0.717, 1.165) is 45.9 Å². The second-order valence-corrected chi connectivity index (χ2v) is 8.46. The lowest BCUT2D eigenvalue weighted by Gasteiger charge is -2.18. The van der Waals surface area contributed by atoms with E-state index in [1.165, 1.54) is 17.7 Å². The molecule has 5 rings (SSSR count). The second kappa shape index (κ2) is 7.17. The molecule has 5 heteroatoms. The Morgan fingerprint density at radius 2 is 2.07 bits per heavy atom. The predicted molar refractivity (Wildman–Crippen MR) is 122 cm³/mol.